The van der Waals surface area contributed by atoms with E-state index in [0.717, 1.165) is 20.8 Å². The number of hydrogen-bond acceptors (Lipinski definition) is 3. The van der Waals surface area contributed by atoms with Crippen molar-refractivity contribution < 1.29 is 4.79 Å². The Morgan fingerprint density at radius 2 is 2.00 bits per heavy atom. The van der Waals surface area contributed by atoms with E-state index in [1.165, 1.54) is 11.8 Å². The van der Waals surface area contributed by atoms with Crippen LogP contribution in [0.4, 0.5) is 5.69 Å². The first kappa shape index (κ1) is 13.6. The Kier molecular flexibility index (Phi) is 3.58. The van der Waals surface area contributed by atoms with Gasteiger partial charge in [-0.25, -0.2) is 0 Å². The van der Waals surface area contributed by atoms with Gasteiger partial charge in [-0.05, 0) is 30.3 Å². The van der Waals surface area contributed by atoms with Crippen molar-refractivity contribution in [1.82, 2.24) is 10.3 Å². The molecule has 0 radical (unpaired) electrons. The zero-order valence-electron chi connectivity index (χ0n) is 11.5. The van der Waals surface area contributed by atoms with Gasteiger partial charge in [0.2, 0.25) is 0 Å². The highest BCUT2D eigenvalue weighted by atomic mass is 32.2. The highest BCUT2D eigenvalue weighted by Gasteiger charge is 2.09. The zero-order chi connectivity index (χ0) is 14.8. The third-order valence-electron chi connectivity index (χ3n) is 3.23. The number of carbonyl (C=O) groups excluding carboxylic acids is 1. The molecule has 4 nitrogen and oxygen atoms in total. The van der Waals surface area contributed by atoms with Crippen LogP contribution in [0.25, 0.3) is 10.9 Å². The molecule has 4 N–H and O–H groups in total. The van der Waals surface area contributed by atoms with Crippen LogP contribution in [0.5, 0.6) is 0 Å². The van der Waals surface area contributed by atoms with E-state index in [1.54, 1.807) is 19.2 Å². The van der Waals surface area contributed by atoms with E-state index in [-0.39, 0.29) is 5.91 Å². The number of nitrogen functional groups attached to an aromatic ring is 1. The fourth-order valence-electron chi connectivity index (χ4n) is 2.13. The van der Waals surface area contributed by atoms with Crippen molar-refractivity contribution in [3.8, 4) is 0 Å². The van der Waals surface area contributed by atoms with E-state index in [4.69, 9.17) is 5.73 Å². The molecule has 2 aromatic carbocycles. The lowest BCUT2D eigenvalue weighted by Crippen LogP contribution is -2.17. The molecule has 0 aliphatic carbocycles. The van der Waals surface area contributed by atoms with Crippen LogP contribution in [-0.4, -0.2) is 17.9 Å². The molecule has 0 atom stereocenters. The minimum atomic E-state index is -0.117. The smallest absolute Gasteiger partial charge is 0.251 e. The summed E-state index contributed by atoms with van der Waals surface area (Å²) in [7, 11) is 1.61. The Hall–Kier alpha value is -2.40. The van der Waals surface area contributed by atoms with E-state index in [9.17, 15) is 4.79 Å². The number of carbonyl (C=O) groups is 1. The van der Waals surface area contributed by atoms with Crippen LogP contribution in [0.1, 0.15) is 10.4 Å². The van der Waals surface area contributed by atoms with Crippen molar-refractivity contribution in [1.29, 1.82) is 0 Å². The minimum absolute atomic E-state index is 0.117. The number of anilines is 1. The number of rotatable bonds is 3. The Balaban J connectivity index is 1.94. The summed E-state index contributed by atoms with van der Waals surface area (Å²) in [6.45, 7) is 0. The van der Waals surface area contributed by atoms with Crippen LogP contribution in [0.15, 0.2) is 58.5 Å². The third kappa shape index (κ3) is 2.73. The first-order chi connectivity index (χ1) is 10.2. The van der Waals surface area contributed by atoms with Crippen molar-refractivity contribution in [2.24, 2.45) is 0 Å². The van der Waals surface area contributed by atoms with Crippen molar-refractivity contribution in [3.05, 3.63) is 54.1 Å². The lowest BCUT2D eigenvalue weighted by molar-refractivity contribution is 0.0963. The van der Waals surface area contributed by atoms with Crippen LogP contribution in [0.2, 0.25) is 0 Å². The predicted octanol–water partition coefficient (Wildman–Crippen LogP) is 3.26. The van der Waals surface area contributed by atoms with E-state index in [2.05, 4.69) is 22.4 Å². The second kappa shape index (κ2) is 5.54. The second-order valence-electron chi connectivity index (χ2n) is 4.65. The van der Waals surface area contributed by atoms with E-state index in [0.29, 0.717) is 11.3 Å². The summed E-state index contributed by atoms with van der Waals surface area (Å²) in [6, 6.07) is 15.5. The summed E-state index contributed by atoms with van der Waals surface area (Å²) >= 11 is 1.52. The molecule has 1 heterocycles. The molecule has 0 fully saturated rings. The normalized spacial score (nSPS) is 10.7. The van der Waals surface area contributed by atoms with Crippen LogP contribution in [-0.2, 0) is 0 Å². The molecule has 0 saturated heterocycles. The molecule has 0 aliphatic heterocycles. The van der Waals surface area contributed by atoms with Gasteiger partial charge < -0.3 is 16.0 Å². The molecule has 106 valence electrons. The maximum absolute atomic E-state index is 11.7. The Morgan fingerprint density at radius 3 is 2.76 bits per heavy atom. The summed E-state index contributed by atoms with van der Waals surface area (Å²) in [6.07, 6.45) is 0. The van der Waals surface area contributed by atoms with Crippen molar-refractivity contribution >= 4 is 34.3 Å². The molecule has 0 aliphatic rings. The monoisotopic (exact) mass is 297 g/mol. The SMILES string of the molecule is CNC(=O)c1ccc(N)c(Sc2cc3ccccc3[nH]2)c1. The number of hydrogen-bond donors (Lipinski definition) is 3. The Labute approximate surface area is 126 Å². The van der Waals surface area contributed by atoms with Gasteiger partial charge in [-0.3, -0.25) is 4.79 Å². The van der Waals surface area contributed by atoms with Gasteiger partial charge in [0.1, 0.15) is 0 Å². The summed E-state index contributed by atoms with van der Waals surface area (Å²) in [5, 5.41) is 4.77. The number of aromatic amines is 1. The highest BCUT2D eigenvalue weighted by Crippen LogP contribution is 2.33. The molecule has 0 saturated carbocycles. The topological polar surface area (TPSA) is 70.9 Å². The third-order valence-corrected chi connectivity index (χ3v) is 4.24. The summed E-state index contributed by atoms with van der Waals surface area (Å²) in [5.74, 6) is -0.117. The van der Waals surface area contributed by atoms with Crippen molar-refractivity contribution in [2.75, 3.05) is 12.8 Å². The van der Waals surface area contributed by atoms with E-state index >= 15 is 0 Å². The molecule has 1 aromatic heterocycles. The molecule has 3 rings (SSSR count). The molecule has 1 amide bonds. The van der Waals surface area contributed by atoms with Crippen LogP contribution in [0, 0.1) is 0 Å². The molecule has 0 unspecified atom stereocenters. The van der Waals surface area contributed by atoms with E-state index in [1.807, 2.05) is 24.3 Å². The predicted molar refractivity (Wildman–Crippen MR) is 86.7 cm³/mol. The van der Waals surface area contributed by atoms with Crippen LogP contribution >= 0.6 is 11.8 Å². The number of para-hydroxylation sites is 1. The van der Waals surface area contributed by atoms with Gasteiger partial charge in [-0.2, -0.15) is 0 Å². The van der Waals surface area contributed by atoms with Crippen molar-refractivity contribution in [3.63, 3.8) is 0 Å². The van der Waals surface area contributed by atoms with Gasteiger partial charge in [0, 0.05) is 34.1 Å². The van der Waals surface area contributed by atoms with E-state index < -0.39 is 0 Å². The number of aromatic nitrogens is 1. The fraction of sp³-hybridized carbons (Fsp3) is 0.0625. The lowest BCUT2D eigenvalue weighted by Gasteiger charge is -2.06. The molecule has 0 spiro atoms. The van der Waals surface area contributed by atoms with Crippen LogP contribution < -0.4 is 11.1 Å². The highest BCUT2D eigenvalue weighted by molar-refractivity contribution is 7.99. The summed E-state index contributed by atoms with van der Waals surface area (Å²) in [4.78, 5) is 15.9. The number of nitrogens with two attached hydrogens (primary N) is 1. The molecule has 3 aromatic rings. The number of fused-ring (bicyclic) bond motifs is 1. The molecule has 21 heavy (non-hydrogen) atoms. The fourth-order valence-corrected chi connectivity index (χ4v) is 3.08. The van der Waals surface area contributed by atoms with Gasteiger partial charge in [0.25, 0.3) is 5.91 Å². The quantitative estimate of drug-likeness (QED) is 0.650. The first-order valence-corrected chi connectivity index (χ1v) is 7.36. The zero-order valence-corrected chi connectivity index (χ0v) is 12.3. The molecule has 5 heteroatoms. The minimum Gasteiger partial charge on any atom is -0.398 e. The standard InChI is InChI=1S/C16H15N3OS/c1-18-16(20)11-6-7-12(17)14(8-11)21-15-9-10-4-2-3-5-13(10)19-15/h2-9,19H,17H2,1H3,(H,18,20). The second-order valence-corrected chi connectivity index (χ2v) is 5.74. The number of benzene rings is 2. The average molecular weight is 297 g/mol. The lowest BCUT2D eigenvalue weighted by atomic mass is 10.2. The maximum Gasteiger partial charge on any atom is 0.251 e. The summed E-state index contributed by atoms with van der Waals surface area (Å²) in [5.41, 5.74) is 8.35. The van der Waals surface area contributed by atoms with Gasteiger partial charge in [-0.1, -0.05) is 30.0 Å². The van der Waals surface area contributed by atoms with Crippen molar-refractivity contribution in [2.45, 2.75) is 9.92 Å². The number of nitrogens with one attached hydrogen (secondary N) is 2. The Bertz CT molecular complexity index is 777. The van der Waals surface area contributed by atoms with Crippen LogP contribution in [0.3, 0.4) is 0 Å². The molecule has 0 bridgehead atoms. The maximum atomic E-state index is 11.7. The Morgan fingerprint density at radius 1 is 1.19 bits per heavy atom. The number of H-pyrrole nitrogens is 1. The number of amides is 1. The largest absolute Gasteiger partial charge is 0.398 e. The van der Waals surface area contributed by atoms with Gasteiger partial charge in [0.15, 0.2) is 0 Å². The average Bonchev–Trinajstić information content (AvgIpc) is 2.91. The first-order valence-electron chi connectivity index (χ1n) is 6.54. The van der Waals surface area contributed by atoms with Gasteiger partial charge >= 0.3 is 0 Å². The molecular formula is C16H15N3OS. The van der Waals surface area contributed by atoms with Gasteiger partial charge in [-0.15, -0.1) is 0 Å². The molecular weight excluding hydrogens is 282 g/mol. The summed E-state index contributed by atoms with van der Waals surface area (Å²) < 4.78 is 0. The van der Waals surface area contributed by atoms with Gasteiger partial charge in [0.05, 0.1) is 5.03 Å².